The van der Waals surface area contributed by atoms with Gasteiger partial charge in [0.25, 0.3) is 0 Å². The normalized spacial score (nSPS) is 16.8. The second-order valence-electron chi connectivity index (χ2n) is 5.56. The zero-order chi connectivity index (χ0) is 13.6. The topological polar surface area (TPSA) is 16.4 Å². The molecule has 0 aliphatic carbocycles. The van der Waals surface area contributed by atoms with E-state index in [1.54, 1.807) is 12.5 Å². The van der Waals surface area contributed by atoms with E-state index in [2.05, 4.69) is 50.4 Å². The Morgan fingerprint density at radius 3 is 2.63 bits per heavy atom. The summed E-state index contributed by atoms with van der Waals surface area (Å²) in [6, 6.07) is 8.61. The van der Waals surface area contributed by atoms with Crippen LogP contribution in [0.5, 0.6) is 0 Å². The van der Waals surface area contributed by atoms with Gasteiger partial charge < -0.3 is 9.32 Å². The van der Waals surface area contributed by atoms with Crippen LogP contribution >= 0.6 is 0 Å². The second-order valence-corrected chi connectivity index (χ2v) is 5.56. The average molecular weight is 253 g/mol. The Kier molecular flexibility index (Phi) is 2.56. The lowest BCUT2D eigenvalue weighted by molar-refractivity contribution is 0.568. The molecule has 0 radical (unpaired) electrons. The number of likely N-dealkylation sites (N-methyl/N-ethyl adjacent to an activating group) is 1. The highest BCUT2D eigenvalue weighted by Crippen LogP contribution is 2.47. The number of hydrogen-bond acceptors (Lipinski definition) is 2. The lowest BCUT2D eigenvalue weighted by atomic mass is 9.83. The van der Waals surface area contributed by atoms with Crippen LogP contribution in [0.15, 0.2) is 53.5 Å². The zero-order valence-electron chi connectivity index (χ0n) is 11.7. The minimum atomic E-state index is -0.00884. The Bertz CT molecular complexity index is 623. The van der Waals surface area contributed by atoms with Gasteiger partial charge in [-0.2, -0.15) is 0 Å². The molecule has 2 heteroatoms. The molecule has 0 unspecified atom stereocenters. The third kappa shape index (κ3) is 1.63. The van der Waals surface area contributed by atoms with Crippen LogP contribution in [0.4, 0.5) is 5.69 Å². The lowest BCUT2D eigenvalue weighted by Crippen LogP contribution is -2.24. The fourth-order valence-corrected chi connectivity index (χ4v) is 2.88. The Labute approximate surface area is 114 Å². The maximum atomic E-state index is 5.18. The van der Waals surface area contributed by atoms with Gasteiger partial charge in [0.1, 0.15) is 0 Å². The van der Waals surface area contributed by atoms with Crippen molar-refractivity contribution in [1.82, 2.24) is 0 Å². The SMILES string of the molecule is C=C1N(CC)c2ccc(-c3ccoc3)cc2C1(C)C. The first-order valence-corrected chi connectivity index (χ1v) is 6.69. The van der Waals surface area contributed by atoms with Crippen molar-refractivity contribution in [2.45, 2.75) is 26.2 Å². The van der Waals surface area contributed by atoms with Crippen LogP contribution in [0.3, 0.4) is 0 Å². The lowest BCUT2D eigenvalue weighted by Gasteiger charge is -2.24. The maximum Gasteiger partial charge on any atom is 0.0980 e. The summed E-state index contributed by atoms with van der Waals surface area (Å²) in [7, 11) is 0. The number of furan rings is 1. The van der Waals surface area contributed by atoms with Gasteiger partial charge in [0.2, 0.25) is 0 Å². The third-order valence-electron chi connectivity index (χ3n) is 4.18. The van der Waals surface area contributed by atoms with E-state index in [1.165, 1.54) is 22.5 Å². The van der Waals surface area contributed by atoms with E-state index in [4.69, 9.17) is 4.42 Å². The first-order chi connectivity index (χ1) is 9.05. The number of nitrogens with zero attached hydrogens (tertiary/aromatic N) is 1. The van der Waals surface area contributed by atoms with Crippen molar-refractivity contribution in [3.63, 3.8) is 0 Å². The number of anilines is 1. The summed E-state index contributed by atoms with van der Waals surface area (Å²) >= 11 is 0. The Hall–Kier alpha value is -1.96. The van der Waals surface area contributed by atoms with Crippen LogP contribution in [0.2, 0.25) is 0 Å². The molecular formula is C17H19NO. The summed E-state index contributed by atoms with van der Waals surface area (Å²) < 4.78 is 5.18. The monoisotopic (exact) mass is 253 g/mol. The van der Waals surface area contributed by atoms with Crippen molar-refractivity contribution in [3.05, 3.63) is 54.6 Å². The smallest absolute Gasteiger partial charge is 0.0980 e. The molecular weight excluding hydrogens is 234 g/mol. The van der Waals surface area contributed by atoms with Crippen molar-refractivity contribution >= 4 is 5.69 Å². The highest BCUT2D eigenvalue weighted by atomic mass is 16.3. The van der Waals surface area contributed by atoms with E-state index < -0.39 is 0 Å². The first-order valence-electron chi connectivity index (χ1n) is 6.69. The minimum absolute atomic E-state index is 0.00884. The van der Waals surface area contributed by atoms with Crippen LogP contribution in [-0.4, -0.2) is 6.54 Å². The van der Waals surface area contributed by atoms with Crippen LogP contribution < -0.4 is 4.90 Å². The van der Waals surface area contributed by atoms with E-state index in [9.17, 15) is 0 Å². The largest absolute Gasteiger partial charge is 0.472 e. The van der Waals surface area contributed by atoms with Crippen LogP contribution in [0, 0.1) is 0 Å². The fraction of sp³-hybridized carbons (Fsp3) is 0.294. The molecule has 3 rings (SSSR count). The molecule has 0 saturated heterocycles. The average Bonchev–Trinajstić information content (AvgIpc) is 2.98. The van der Waals surface area contributed by atoms with Crippen molar-refractivity contribution < 1.29 is 4.42 Å². The standard InChI is InChI=1S/C17H19NO/c1-5-18-12(2)17(3,4)15-10-13(6-7-16(15)18)14-8-9-19-11-14/h6-11H,2,5H2,1,3-4H3. The number of benzene rings is 1. The molecule has 1 aromatic carbocycles. The number of hydrogen-bond donors (Lipinski definition) is 0. The van der Waals surface area contributed by atoms with Gasteiger partial charge in [-0.25, -0.2) is 0 Å². The second kappa shape index (κ2) is 4.02. The molecule has 2 aromatic rings. The van der Waals surface area contributed by atoms with Gasteiger partial charge in [0, 0.05) is 28.9 Å². The number of fused-ring (bicyclic) bond motifs is 1. The van der Waals surface area contributed by atoms with E-state index in [-0.39, 0.29) is 5.41 Å². The quantitative estimate of drug-likeness (QED) is 0.779. The Morgan fingerprint density at radius 2 is 2.00 bits per heavy atom. The first kappa shape index (κ1) is 12.1. The van der Waals surface area contributed by atoms with E-state index in [0.29, 0.717) is 0 Å². The third-order valence-corrected chi connectivity index (χ3v) is 4.18. The minimum Gasteiger partial charge on any atom is -0.472 e. The number of allylic oxidation sites excluding steroid dienone is 1. The van der Waals surface area contributed by atoms with Gasteiger partial charge in [0.15, 0.2) is 0 Å². The highest BCUT2D eigenvalue weighted by molar-refractivity contribution is 5.75. The molecule has 1 aromatic heterocycles. The summed E-state index contributed by atoms with van der Waals surface area (Å²) in [6.07, 6.45) is 3.50. The molecule has 0 amide bonds. The number of rotatable bonds is 2. The highest BCUT2D eigenvalue weighted by Gasteiger charge is 2.38. The van der Waals surface area contributed by atoms with E-state index in [1.807, 2.05) is 6.07 Å². The predicted octanol–water partition coefficient (Wildman–Crippen LogP) is 4.58. The molecule has 1 aliphatic heterocycles. The molecule has 19 heavy (non-hydrogen) atoms. The van der Waals surface area contributed by atoms with Gasteiger partial charge in [0.05, 0.1) is 12.5 Å². The summed E-state index contributed by atoms with van der Waals surface area (Å²) in [4.78, 5) is 2.30. The summed E-state index contributed by atoms with van der Waals surface area (Å²) in [6.45, 7) is 11.9. The molecule has 0 bridgehead atoms. The van der Waals surface area contributed by atoms with Crippen LogP contribution in [0.25, 0.3) is 11.1 Å². The molecule has 0 fully saturated rings. The van der Waals surface area contributed by atoms with Crippen LogP contribution in [-0.2, 0) is 5.41 Å². The van der Waals surface area contributed by atoms with Crippen molar-refractivity contribution in [2.75, 3.05) is 11.4 Å². The van der Waals surface area contributed by atoms with E-state index in [0.717, 1.165) is 12.1 Å². The molecule has 0 N–H and O–H groups in total. The zero-order valence-corrected chi connectivity index (χ0v) is 11.7. The Balaban J connectivity index is 2.16. The molecule has 2 heterocycles. The molecule has 0 spiro atoms. The van der Waals surface area contributed by atoms with Crippen molar-refractivity contribution in [2.24, 2.45) is 0 Å². The molecule has 0 atom stereocenters. The predicted molar refractivity (Wildman–Crippen MR) is 79.3 cm³/mol. The van der Waals surface area contributed by atoms with Crippen molar-refractivity contribution in [3.8, 4) is 11.1 Å². The Morgan fingerprint density at radius 1 is 1.21 bits per heavy atom. The van der Waals surface area contributed by atoms with Crippen molar-refractivity contribution in [1.29, 1.82) is 0 Å². The summed E-state index contributed by atoms with van der Waals surface area (Å²) in [5, 5.41) is 0. The fourth-order valence-electron chi connectivity index (χ4n) is 2.88. The van der Waals surface area contributed by atoms with Gasteiger partial charge in [-0.05, 0) is 36.2 Å². The summed E-state index contributed by atoms with van der Waals surface area (Å²) in [5.74, 6) is 0. The maximum absolute atomic E-state index is 5.18. The molecule has 98 valence electrons. The molecule has 0 saturated carbocycles. The van der Waals surface area contributed by atoms with E-state index >= 15 is 0 Å². The van der Waals surface area contributed by atoms with Gasteiger partial charge in [-0.3, -0.25) is 0 Å². The van der Waals surface area contributed by atoms with Crippen LogP contribution in [0.1, 0.15) is 26.3 Å². The summed E-state index contributed by atoms with van der Waals surface area (Å²) in [5.41, 5.74) is 6.12. The molecule has 2 nitrogen and oxygen atoms in total. The van der Waals surface area contributed by atoms with Gasteiger partial charge in [-0.15, -0.1) is 0 Å². The van der Waals surface area contributed by atoms with Gasteiger partial charge >= 0.3 is 0 Å². The van der Waals surface area contributed by atoms with Gasteiger partial charge in [-0.1, -0.05) is 26.5 Å². The molecule has 1 aliphatic rings.